The van der Waals surface area contributed by atoms with Gasteiger partial charge in [-0.05, 0) is 19.0 Å². The van der Waals surface area contributed by atoms with Gasteiger partial charge in [0, 0.05) is 6.61 Å². The van der Waals surface area contributed by atoms with Crippen LogP contribution in [0.1, 0.15) is 6.42 Å². The van der Waals surface area contributed by atoms with E-state index < -0.39 is 0 Å². The summed E-state index contributed by atoms with van der Waals surface area (Å²) in [6, 6.07) is 2.86. The van der Waals surface area contributed by atoms with Crippen molar-refractivity contribution in [3.05, 3.63) is 0 Å². The first kappa shape index (κ1) is 7.46. The molecule has 1 atom stereocenters. The first-order valence-electron chi connectivity index (χ1n) is 3.71. The zero-order chi connectivity index (χ0) is 6.53. The van der Waals surface area contributed by atoms with Gasteiger partial charge in [0.2, 0.25) is 0 Å². The lowest BCUT2D eigenvalue weighted by Gasteiger charge is -2.18. The molecule has 1 unspecified atom stereocenters. The third-order valence-corrected chi connectivity index (χ3v) is 9.77. The molecule has 0 aliphatic carbocycles. The Bertz CT molecular complexity index is 72.6. The van der Waals surface area contributed by atoms with Crippen LogP contribution in [0.5, 0.6) is 0 Å². The van der Waals surface area contributed by atoms with Gasteiger partial charge in [0.25, 0.3) is 0 Å². The highest BCUT2D eigenvalue weighted by Gasteiger charge is 2.14. The van der Waals surface area contributed by atoms with Gasteiger partial charge in [-0.2, -0.15) is 0 Å². The third kappa shape index (κ3) is 2.62. The van der Waals surface area contributed by atoms with Gasteiger partial charge in [-0.15, -0.1) is 0 Å². The van der Waals surface area contributed by atoms with Crippen molar-refractivity contribution in [2.45, 2.75) is 18.5 Å². The molecule has 0 saturated carbocycles. The van der Waals surface area contributed by atoms with Gasteiger partial charge in [-0.3, -0.25) is 0 Å². The molecule has 0 aromatic heterocycles. The highest BCUT2D eigenvalue weighted by atomic mass is 29.2. The minimum absolute atomic E-state index is 0.0296. The summed E-state index contributed by atoms with van der Waals surface area (Å²) in [6.07, 6.45) is 1.32. The zero-order valence-corrected chi connectivity index (χ0v) is 8.37. The summed E-state index contributed by atoms with van der Waals surface area (Å²) in [4.78, 5) is 0. The molecule has 1 heterocycles. The molecular weight excluding hydrogens is 146 g/mol. The van der Waals surface area contributed by atoms with Crippen LogP contribution in [0.3, 0.4) is 0 Å². The van der Waals surface area contributed by atoms with Crippen LogP contribution in [-0.2, 0) is 4.43 Å². The number of nitrogens with two attached hydrogens (primary N) is 1. The van der Waals surface area contributed by atoms with Gasteiger partial charge in [0.05, 0.1) is 8.31 Å². The lowest BCUT2D eigenvalue weighted by molar-refractivity contribution is 0.335. The topological polar surface area (TPSA) is 35.2 Å². The van der Waals surface area contributed by atoms with Crippen molar-refractivity contribution < 1.29 is 4.43 Å². The summed E-state index contributed by atoms with van der Waals surface area (Å²) in [6.45, 7) is 1.97. The van der Waals surface area contributed by atoms with Crippen molar-refractivity contribution in [1.29, 1.82) is 0 Å². The summed E-state index contributed by atoms with van der Waals surface area (Å²) in [5, 5.41) is 0. The van der Waals surface area contributed by atoms with Crippen molar-refractivity contribution in [2.24, 2.45) is 5.73 Å². The van der Waals surface area contributed by atoms with E-state index in [1.54, 1.807) is 0 Å². The third-order valence-electron chi connectivity index (χ3n) is 1.83. The van der Waals surface area contributed by atoms with Gasteiger partial charge in [0.15, 0.2) is 0 Å². The van der Waals surface area contributed by atoms with Crippen molar-refractivity contribution in [3.8, 4) is 0 Å². The van der Waals surface area contributed by atoms with E-state index in [1.165, 1.54) is 18.5 Å². The van der Waals surface area contributed by atoms with Gasteiger partial charge in [-0.1, -0.05) is 6.04 Å². The fraction of sp³-hybridized carbons (Fsp3) is 1.00. The maximum atomic E-state index is 5.48. The monoisotopic (exact) mass is 161 g/mol. The highest BCUT2D eigenvalue weighted by Crippen LogP contribution is 2.06. The molecule has 4 heteroatoms. The maximum Gasteiger partial charge on any atom is 0.147 e. The molecule has 1 aliphatic rings. The van der Waals surface area contributed by atoms with Gasteiger partial charge in [0.1, 0.15) is 9.28 Å². The molecule has 0 amide bonds. The van der Waals surface area contributed by atoms with E-state index in [9.17, 15) is 0 Å². The number of hydrogen-bond acceptors (Lipinski definition) is 2. The molecule has 2 N–H and O–H groups in total. The van der Waals surface area contributed by atoms with E-state index in [4.69, 9.17) is 10.2 Å². The Hall–Kier alpha value is 0.354. The molecule has 1 rings (SSSR count). The van der Waals surface area contributed by atoms with Crippen LogP contribution in [0.4, 0.5) is 0 Å². The van der Waals surface area contributed by atoms with E-state index >= 15 is 0 Å². The molecule has 9 heavy (non-hydrogen) atoms. The van der Waals surface area contributed by atoms with E-state index in [2.05, 4.69) is 0 Å². The van der Waals surface area contributed by atoms with Crippen LogP contribution < -0.4 is 5.73 Å². The zero-order valence-electron chi connectivity index (χ0n) is 5.81. The maximum absolute atomic E-state index is 5.48. The molecule has 1 aliphatic heterocycles. The Balaban J connectivity index is 2.08. The summed E-state index contributed by atoms with van der Waals surface area (Å²) in [5.74, 6) is 0. The van der Waals surface area contributed by atoms with Crippen LogP contribution in [0, 0.1) is 0 Å². The summed E-state index contributed by atoms with van der Waals surface area (Å²) in [5.41, 5.74) is 5.46. The average Bonchev–Trinajstić information content (AvgIpc) is 1.91. The summed E-state index contributed by atoms with van der Waals surface area (Å²) in [7, 11) is -0.364. The van der Waals surface area contributed by atoms with E-state index in [0.717, 1.165) is 13.2 Å². The second kappa shape index (κ2) is 4.21. The van der Waals surface area contributed by atoms with Crippen molar-refractivity contribution >= 4 is 17.6 Å². The van der Waals surface area contributed by atoms with Crippen molar-refractivity contribution in [3.63, 3.8) is 0 Å². The quantitative estimate of drug-likeness (QED) is 0.537. The lowest BCUT2D eigenvalue weighted by Crippen LogP contribution is -2.31. The summed E-state index contributed by atoms with van der Waals surface area (Å²) >= 11 is 0. The first-order chi connectivity index (χ1) is 4.43. The molecule has 0 aromatic rings. The van der Waals surface area contributed by atoms with Crippen LogP contribution in [0.2, 0.25) is 12.1 Å². The molecule has 1 saturated heterocycles. The Kier molecular flexibility index (Phi) is 3.49. The van der Waals surface area contributed by atoms with Crippen LogP contribution in [-0.4, -0.2) is 30.7 Å². The van der Waals surface area contributed by atoms with Crippen LogP contribution in [0.15, 0.2) is 0 Å². The lowest BCUT2D eigenvalue weighted by atomic mass is 10.5. The fourth-order valence-electron chi connectivity index (χ4n) is 1.27. The SMILES string of the molecule is NCC[SiH]1CCCO[SiH2]1. The fourth-order valence-corrected chi connectivity index (χ4v) is 7.89. The first-order valence-corrected chi connectivity index (χ1v) is 9.19. The van der Waals surface area contributed by atoms with Crippen LogP contribution in [0.25, 0.3) is 0 Å². The number of rotatable bonds is 2. The molecule has 54 valence electrons. The van der Waals surface area contributed by atoms with Crippen LogP contribution >= 0.6 is 0 Å². The smallest absolute Gasteiger partial charge is 0.147 e. The van der Waals surface area contributed by atoms with Gasteiger partial charge >= 0.3 is 0 Å². The minimum Gasteiger partial charge on any atom is -0.428 e. The number of hydrogen-bond donors (Lipinski definition) is 1. The second-order valence-electron chi connectivity index (χ2n) is 2.66. The largest absolute Gasteiger partial charge is 0.428 e. The average molecular weight is 161 g/mol. The standard InChI is InChI=1S/C5H15NOSi2/c6-2-5-9-4-1-3-7-8-9/h9H,1-6,8H2. The molecule has 1 fully saturated rings. The van der Waals surface area contributed by atoms with Gasteiger partial charge in [-0.25, -0.2) is 0 Å². The molecule has 0 bridgehead atoms. The second-order valence-corrected chi connectivity index (χ2v) is 10.8. The minimum atomic E-state index is -0.334. The molecule has 2 nitrogen and oxygen atoms in total. The normalized spacial score (nSPS) is 31.0. The van der Waals surface area contributed by atoms with E-state index in [-0.39, 0.29) is 17.6 Å². The summed E-state index contributed by atoms with van der Waals surface area (Å²) < 4.78 is 5.48. The Labute approximate surface area is 60.1 Å². The Morgan fingerprint density at radius 1 is 1.67 bits per heavy atom. The van der Waals surface area contributed by atoms with Gasteiger partial charge < -0.3 is 10.2 Å². The molecule has 0 radical (unpaired) electrons. The van der Waals surface area contributed by atoms with E-state index in [1.807, 2.05) is 0 Å². The van der Waals surface area contributed by atoms with Crippen molar-refractivity contribution in [1.82, 2.24) is 0 Å². The Morgan fingerprint density at radius 2 is 2.56 bits per heavy atom. The van der Waals surface area contributed by atoms with Crippen molar-refractivity contribution in [2.75, 3.05) is 13.2 Å². The predicted octanol–water partition coefficient (Wildman–Crippen LogP) is -0.827. The van der Waals surface area contributed by atoms with E-state index in [0.29, 0.717) is 0 Å². The molecule has 0 aromatic carbocycles. The predicted molar refractivity (Wildman–Crippen MR) is 44.9 cm³/mol. The Morgan fingerprint density at radius 3 is 3.11 bits per heavy atom. The molecular formula is C5H15NOSi2. The highest BCUT2D eigenvalue weighted by molar-refractivity contribution is 7.10. The molecule has 0 spiro atoms.